The Balaban J connectivity index is 2.17. The average molecular weight is 276 g/mol. The number of benzene rings is 1. The SMILES string of the molecule is CCNC(CN1CC(C)Cc2ccccc21)C(=O)OC. The number of rotatable bonds is 5. The number of nitrogens with zero attached hydrogens (tertiary/aromatic N) is 1. The minimum Gasteiger partial charge on any atom is -0.468 e. The van der Waals surface area contributed by atoms with Crippen LogP contribution in [0.25, 0.3) is 0 Å². The van der Waals surface area contributed by atoms with Gasteiger partial charge in [0.1, 0.15) is 6.04 Å². The van der Waals surface area contributed by atoms with Crippen molar-refractivity contribution in [3.8, 4) is 0 Å². The van der Waals surface area contributed by atoms with Crippen LogP contribution in [0.2, 0.25) is 0 Å². The number of fused-ring (bicyclic) bond motifs is 1. The molecule has 110 valence electrons. The molecule has 1 aromatic rings. The van der Waals surface area contributed by atoms with Crippen molar-refractivity contribution in [2.45, 2.75) is 26.3 Å². The Hall–Kier alpha value is -1.55. The van der Waals surface area contributed by atoms with Crippen LogP contribution in [0.4, 0.5) is 5.69 Å². The third kappa shape index (κ3) is 3.31. The van der Waals surface area contributed by atoms with Crippen LogP contribution in [-0.4, -0.2) is 38.8 Å². The van der Waals surface area contributed by atoms with E-state index in [9.17, 15) is 4.79 Å². The zero-order valence-corrected chi connectivity index (χ0v) is 12.6. The maximum absolute atomic E-state index is 11.9. The maximum atomic E-state index is 11.9. The quantitative estimate of drug-likeness (QED) is 0.833. The first kappa shape index (κ1) is 14.9. The molecule has 1 heterocycles. The second-order valence-corrected chi connectivity index (χ2v) is 5.48. The van der Waals surface area contributed by atoms with Crippen LogP contribution in [0.5, 0.6) is 0 Å². The monoisotopic (exact) mass is 276 g/mol. The summed E-state index contributed by atoms with van der Waals surface area (Å²) in [5, 5.41) is 3.21. The Kier molecular flexibility index (Phi) is 5.01. The lowest BCUT2D eigenvalue weighted by atomic mass is 9.93. The molecule has 2 atom stereocenters. The second kappa shape index (κ2) is 6.75. The molecule has 20 heavy (non-hydrogen) atoms. The van der Waals surface area contributed by atoms with Gasteiger partial charge >= 0.3 is 5.97 Å². The topological polar surface area (TPSA) is 41.6 Å². The lowest BCUT2D eigenvalue weighted by Crippen LogP contribution is -2.49. The lowest BCUT2D eigenvalue weighted by molar-refractivity contribution is -0.142. The molecule has 2 rings (SSSR count). The van der Waals surface area contributed by atoms with Gasteiger partial charge in [-0.05, 0) is 30.5 Å². The van der Waals surface area contributed by atoms with Gasteiger partial charge in [0.05, 0.1) is 7.11 Å². The van der Waals surface area contributed by atoms with Gasteiger partial charge in [0.15, 0.2) is 0 Å². The van der Waals surface area contributed by atoms with Crippen molar-refractivity contribution in [1.82, 2.24) is 5.32 Å². The highest BCUT2D eigenvalue weighted by Gasteiger charge is 2.26. The summed E-state index contributed by atoms with van der Waals surface area (Å²) in [5.74, 6) is 0.410. The molecule has 4 nitrogen and oxygen atoms in total. The predicted molar refractivity (Wildman–Crippen MR) is 81.0 cm³/mol. The van der Waals surface area contributed by atoms with E-state index in [1.807, 2.05) is 6.92 Å². The molecule has 4 heteroatoms. The Morgan fingerprint density at radius 1 is 1.50 bits per heavy atom. The number of esters is 1. The van der Waals surface area contributed by atoms with Gasteiger partial charge in [0, 0.05) is 18.8 Å². The smallest absolute Gasteiger partial charge is 0.324 e. The van der Waals surface area contributed by atoms with E-state index in [4.69, 9.17) is 4.74 Å². The van der Waals surface area contributed by atoms with Crippen molar-refractivity contribution in [2.24, 2.45) is 5.92 Å². The zero-order chi connectivity index (χ0) is 14.5. The molecule has 0 bridgehead atoms. The van der Waals surface area contributed by atoms with Gasteiger partial charge in [0.2, 0.25) is 0 Å². The summed E-state index contributed by atoms with van der Waals surface area (Å²) in [6.07, 6.45) is 1.11. The number of carbonyl (C=O) groups is 1. The first-order chi connectivity index (χ1) is 9.65. The number of para-hydroxylation sites is 1. The van der Waals surface area contributed by atoms with E-state index in [-0.39, 0.29) is 12.0 Å². The molecule has 1 aliphatic heterocycles. The average Bonchev–Trinajstić information content (AvgIpc) is 2.45. The number of hydrogen-bond acceptors (Lipinski definition) is 4. The number of nitrogens with one attached hydrogen (secondary N) is 1. The van der Waals surface area contributed by atoms with E-state index < -0.39 is 0 Å². The van der Waals surface area contributed by atoms with Crippen molar-refractivity contribution in [3.05, 3.63) is 29.8 Å². The van der Waals surface area contributed by atoms with Crippen molar-refractivity contribution < 1.29 is 9.53 Å². The fourth-order valence-corrected chi connectivity index (χ4v) is 2.91. The van der Waals surface area contributed by atoms with E-state index in [1.54, 1.807) is 0 Å². The van der Waals surface area contributed by atoms with E-state index in [2.05, 4.69) is 41.4 Å². The number of ether oxygens (including phenoxy) is 1. The molecule has 0 saturated carbocycles. The molecule has 2 unspecified atom stereocenters. The summed E-state index contributed by atoms with van der Waals surface area (Å²) in [5.41, 5.74) is 2.61. The van der Waals surface area contributed by atoms with E-state index >= 15 is 0 Å². The van der Waals surface area contributed by atoms with Crippen LogP contribution in [0, 0.1) is 5.92 Å². The van der Waals surface area contributed by atoms with Crippen molar-refractivity contribution in [2.75, 3.05) is 31.6 Å². The number of likely N-dealkylation sites (N-methyl/N-ethyl adjacent to an activating group) is 1. The number of methoxy groups -OCH3 is 1. The van der Waals surface area contributed by atoms with Crippen LogP contribution in [0.3, 0.4) is 0 Å². The molecular weight excluding hydrogens is 252 g/mol. The summed E-state index contributed by atoms with van der Waals surface area (Å²) < 4.78 is 4.89. The van der Waals surface area contributed by atoms with Gasteiger partial charge in [-0.1, -0.05) is 32.0 Å². The molecule has 0 saturated heterocycles. The van der Waals surface area contributed by atoms with E-state index in [1.165, 1.54) is 18.4 Å². The van der Waals surface area contributed by atoms with Crippen molar-refractivity contribution in [1.29, 1.82) is 0 Å². The van der Waals surface area contributed by atoms with Gasteiger partial charge in [-0.3, -0.25) is 4.79 Å². The summed E-state index contributed by atoms with van der Waals surface area (Å²) in [7, 11) is 1.44. The van der Waals surface area contributed by atoms with Gasteiger partial charge in [-0.2, -0.15) is 0 Å². The highest BCUT2D eigenvalue weighted by atomic mass is 16.5. The summed E-state index contributed by atoms with van der Waals surface area (Å²) >= 11 is 0. The minimum atomic E-state index is -0.275. The lowest BCUT2D eigenvalue weighted by Gasteiger charge is -2.36. The fraction of sp³-hybridized carbons (Fsp3) is 0.562. The van der Waals surface area contributed by atoms with Crippen LogP contribution >= 0.6 is 0 Å². The van der Waals surface area contributed by atoms with Crippen LogP contribution in [0.1, 0.15) is 19.4 Å². The number of anilines is 1. The minimum absolute atomic E-state index is 0.192. The third-order valence-electron chi connectivity index (χ3n) is 3.77. The predicted octanol–water partition coefficient (Wildman–Crippen LogP) is 1.84. The highest BCUT2D eigenvalue weighted by molar-refractivity contribution is 5.76. The Bertz CT molecular complexity index is 462. The van der Waals surface area contributed by atoms with Crippen LogP contribution in [0.15, 0.2) is 24.3 Å². The highest BCUT2D eigenvalue weighted by Crippen LogP contribution is 2.29. The van der Waals surface area contributed by atoms with E-state index in [0.717, 1.165) is 19.5 Å². The van der Waals surface area contributed by atoms with Gasteiger partial charge in [-0.15, -0.1) is 0 Å². The first-order valence-corrected chi connectivity index (χ1v) is 7.29. The summed E-state index contributed by atoms with van der Waals surface area (Å²) in [4.78, 5) is 14.2. The molecule has 1 aromatic carbocycles. The fourth-order valence-electron chi connectivity index (χ4n) is 2.91. The molecule has 0 aliphatic carbocycles. The molecule has 0 fully saturated rings. The molecule has 1 N–H and O–H groups in total. The first-order valence-electron chi connectivity index (χ1n) is 7.29. The molecule has 0 aromatic heterocycles. The van der Waals surface area contributed by atoms with Gasteiger partial charge in [0.25, 0.3) is 0 Å². The molecule has 0 spiro atoms. The van der Waals surface area contributed by atoms with Crippen LogP contribution < -0.4 is 10.2 Å². The maximum Gasteiger partial charge on any atom is 0.324 e. The molecule has 0 radical (unpaired) electrons. The number of hydrogen-bond donors (Lipinski definition) is 1. The normalized spacial score (nSPS) is 19.4. The van der Waals surface area contributed by atoms with Gasteiger partial charge < -0.3 is 15.0 Å². The second-order valence-electron chi connectivity index (χ2n) is 5.48. The van der Waals surface area contributed by atoms with Crippen molar-refractivity contribution in [3.63, 3.8) is 0 Å². The Morgan fingerprint density at radius 2 is 2.25 bits per heavy atom. The summed E-state index contributed by atoms with van der Waals surface area (Å²) in [6.45, 7) is 6.65. The van der Waals surface area contributed by atoms with E-state index in [0.29, 0.717) is 12.5 Å². The Morgan fingerprint density at radius 3 is 2.95 bits per heavy atom. The number of carbonyl (C=O) groups excluding carboxylic acids is 1. The van der Waals surface area contributed by atoms with Crippen LogP contribution in [-0.2, 0) is 16.0 Å². The Labute approximate surface area is 121 Å². The zero-order valence-electron chi connectivity index (χ0n) is 12.6. The largest absolute Gasteiger partial charge is 0.468 e. The standard InChI is InChI=1S/C16H24N2O2/c1-4-17-14(16(19)20-3)11-18-10-12(2)9-13-7-5-6-8-15(13)18/h5-8,12,14,17H,4,9-11H2,1-3H3. The third-order valence-corrected chi connectivity index (χ3v) is 3.77. The molecule has 1 aliphatic rings. The van der Waals surface area contributed by atoms with Crippen molar-refractivity contribution >= 4 is 11.7 Å². The molecule has 0 amide bonds. The molecular formula is C16H24N2O2. The van der Waals surface area contributed by atoms with Gasteiger partial charge in [-0.25, -0.2) is 0 Å². The summed E-state index contributed by atoms with van der Waals surface area (Å²) in [6, 6.07) is 8.18.